The lowest BCUT2D eigenvalue weighted by molar-refractivity contribution is -0.116. The number of hydrogen-bond donors (Lipinski definition) is 2. The van der Waals surface area contributed by atoms with E-state index in [0.29, 0.717) is 23.4 Å². The van der Waals surface area contributed by atoms with Crippen LogP contribution in [0.2, 0.25) is 0 Å². The number of carbonyl (C=O) groups is 1. The molecule has 1 aliphatic rings. The number of carbonyl (C=O) groups excluding carboxylic acids is 1. The Morgan fingerprint density at radius 2 is 1.96 bits per heavy atom. The smallest absolute Gasteiger partial charge is 0.267 e. The zero-order chi connectivity index (χ0) is 18.4. The average Bonchev–Trinajstić information content (AvgIpc) is 2.94. The Labute approximate surface area is 144 Å². The van der Waals surface area contributed by atoms with Crippen molar-refractivity contribution in [3.8, 4) is 0 Å². The van der Waals surface area contributed by atoms with E-state index < -0.39 is 20.7 Å². The largest absolute Gasteiger partial charge is 0.338 e. The van der Waals surface area contributed by atoms with Crippen LogP contribution in [0.1, 0.15) is 38.4 Å². The number of amides is 1. The van der Waals surface area contributed by atoms with Gasteiger partial charge in [0.1, 0.15) is 10.7 Å². The van der Waals surface area contributed by atoms with Gasteiger partial charge in [-0.25, -0.2) is 17.5 Å². The van der Waals surface area contributed by atoms with Crippen molar-refractivity contribution in [3.63, 3.8) is 0 Å². The summed E-state index contributed by atoms with van der Waals surface area (Å²) in [4.78, 5) is 10.9. The standard InChI is InChI=1S/C16H18FN3O4S/c1-16(2,3)13-8-15(24-19-13)20-25(22,23)12-6-9-4-5-14(21)18-11(9)7-10(12)17/h6-8,20H,4-5H2,1-3H3,(H,18,21). The van der Waals surface area contributed by atoms with Gasteiger partial charge in [-0.2, -0.15) is 0 Å². The van der Waals surface area contributed by atoms with Crippen molar-refractivity contribution in [1.29, 1.82) is 0 Å². The van der Waals surface area contributed by atoms with Crippen LogP contribution in [0.4, 0.5) is 16.0 Å². The third-order valence-corrected chi connectivity index (χ3v) is 5.22. The molecule has 1 amide bonds. The maximum Gasteiger partial charge on any atom is 0.267 e. The van der Waals surface area contributed by atoms with Crippen molar-refractivity contribution in [3.05, 3.63) is 35.3 Å². The normalized spacial score (nSPS) is 14.8. The topological polar surface area (TPSA) is 101 Å². The number of sulfonamides is 1. The van der Waals surface area contributed by atoms with Gasteiger partial charge in [0.2, 0.25) is 11.8 Å². The maximum atomic E-state index is 14.3. The average molecular weight is 367 g/mol. The highest BCUT2D eigenvalue weighted by Gasteiger charge is 2.26. The zero-order valence-corrected chi connectivity index (χ0v) is 14.8. The number of nitrogens with one attached hydrogen (secondary N) is 2. The predicted octanol–water partition coefficient (Wildman–Crippen LogP) is 2.80. The second kappa shape index (κ2) is 5.83. The molecule has 0 saturated carbocycles. The highest BCUT2D eigenvalue weighted by Crippen LogP contribution is 2.30. The molecule has 7 nitrogen and oxygen atoms in total. The lowest BCUT2D eigenvalue weighted by atomic mass is 9.92. The van der Waals surface area contributed by atoms with E-state index in [1.807, 2.05) is 20.8 Å². The summed E-state index contributed by atoms with van der Waals surface area (Å²) < 4.78 is 46.5. The van der Waals surface area contributed by atoms with E-state index in [4.69, 9.17) is 4.52 Å². The van der Waals surface area contributed by atoms with Crippen molar-refractivity contribution in [1.82, 2.24) is 5.16 Å². The van der Waals surface area contributed by atoms with E-state index in [0.717, 1.165) is 6.07 Å². The number of fused-ring (bicyclic) bond motifs is 1. The van der Waals surface area contributed by atoms with Crippen molar-refractivity contribution >= 4 is 27.5 Å². The first-order chi connectivity index (χ1) is 11.6. The second-order valence-corrected chi connectivity index (χ2v) is 8.57. The molecule has 0 saturated heterocycles. The zero-order valence-electron chi connectivity index (χ0n) is 14.0. The third-order valence-electron chi connectivity index (χ3n) is 3.86. The summed E-state index contributed by atoms with van der Waals surface area (Å²) in [6.07, 6.45) is 0.572. The van der Waals surface area contributed by atoms with Crippen LogP contribution in [0.25, 0.3) is 0 Å². The Balaban J connectivity index is 1.92. The maximum absolute atomic E-state index is 14.3. The van der Waals surface area contributed by atoms with Gasteiger partial charge in [-0.05, 0) is 24.1 Å². The van der Waals surface area contributed by atoms with Crippen LogP contribution in [0.3, 0.4) is 0 Å². The number of halogens is 1. The minimum Gasteiger partial charge on any atom is -0.338 e. The molecule has 2 heterocycles. The number of rotatable bonds is 3. The molecular formula is C16H18FN3O4S. The van der Waals surface area contributed by atoms with Gasteiger partial charge in [0, 0.05) is 23.6 Å². The van der Waals surface area contributed by atoms with E-state index in [1.165, 1.54) is 12.1 Å². The van der Waals surface area contributed by atoms with Crippen LogP contribution < -0.4 is 10.0 Å². The summed E-state index contributed by atoms with van der Waals surface area (Å²) in [6, 6.07) is 3.71. The van der Waals surface area contributed by atoms with Crippen LogP contribution in [0, 0.1) is 5.82 Å². The van der Waals surface area contributed by atoms with Crippen molar-refractivity contribution in [2.45, 2.75) is 43.9 Å². The quantitative estimate of drug-likeness (QED) is 0.869. The van der Waals surface area contributed by atoms with E-state index >= 15 is 0 Å². The van der Waals surface area contributed by atoms with Gasteiger partial charge in [0.25, 0.3) is 10.0 Å². The fourth-order valence-electron chi connectivity index (χ4n) is 2.45. The van der Waals surface area contributed by atoms with Gasteiger partial charge in [-0.15, -0.1) is 0 Å². The van der Waals surface area contributed by atoms with Gasteiger partial charge in [0.05, 0.1) is 5.69 Å². The summed E-state index contributed by atoms with van der Waals surface area (Å²) in [6.45, 7) is 5.71. The first kappa shape index (κ1) is 17.4. The molecule has 0 aliphatic carbocycles. The summed E-state index contributed by atoms with van der Waals surface area (Å²) in [5.74, 6) is -1.27. The molecule has 1 aliphatic heterocycles. The molecule has 0 radical (unpaired) electrons. The van der Waals surface area contributed by atoms with Gasteiger partial charge in [-0.3, -0.25) is 4.79 Å². The Hall–Kier alpha value is -2.42. The van der Waals surface area contributed by atoms with E-state index in [-0.39, 0.29) is 23.6 Å². The fourth-order valence-corrected chi connectivity index (χ4v) is 3.53. The van der Waals surface area contributed by atoms with Crippen molar-refractivity contribution < 1.29 is 22.1 Å². The van der Waals surface area contributed by atoms with E-state index in [2.05, 4.69) is 15.2 Å². The Morgan fingerprint density at radius 1 is 1.24 bits per heavy atom. The minimum absolute atomic E-state index is 0.0876. The van der Waals surface area contributed by atoms with Gasteiger partial charge in [0.15, 0.2) is 0 Å². The molecule has 0 atom stereocenters. The number of nitrogens with zero attached hydrogens (tertiary/aromatic N) is 1. The lowest BCUT2D eigenvalue weighted by Gasteiger charge is -2.18. The lowest BCUT2D eigenvalue weighted by Crippen LogP contribution is -2.21. The molecule has 0 bridgehead atoms. The molecule has 0 spiro atoms. The molecular weight excluding hydrogens is 349 g/mol. The van der Waals surface area contributed by atoms with Gasteiger partial charge in [-0.1, -0.05) is 25.9 Å². The van der Waals surface area contributed by atoms with Crippen LogP contribution in [-0.4, -0.2) is 19.5 Å². The van der Waals surface area contributed by atoms with E-state index in [1.54, 1.807) is 0 Å². The predicted molar refractivity (Wildman–Crippen MR) is 89.4 cm³/mol. The van der Waals surface area contributed by atoms with Crippen LogP contribution in [0.5, 0.6) is 0 Å². The molecule has 0 fully saturated rings. The Bertz CT molecular complexity index is 945. The summed E-state index contributed by atoms with van der Waals surface area (Å²) in [5, 5.41) is 6.35. The van der Waals surface area contributed by atoms with E-state index in [9.17, 15) is 17.6 Å². The minimum atomic E-state index is -4.19. The fraction of sp³-hybridized carbons (Fsp3) is 0.375. The Morgan fingerprint density at radius 3 is 2.60 bits per heavy atom. The van der Waals surface area contributed by atoms with Crippen molar-refractivity contribution in [2.75, 3.05) is 10.0 Å². The first-order valence-electron chi connectivity index (χ1n) is 7.68. The first-order valence-corrected chi connectivity index (χ1v) is 9.17. The van der Waals surface area contributed by atoms with Gasteiger partial charge >= 0.3 is 0 Å². The number of aryl methyl sites for hydroxylation is 1. The number of benzene rings is 1. The summed E-state index contributed by atoms with van der Waals surface area (Å²) in [7, 11) is -4.19. The molecule has 134 valence electrons. The highest BCUT2D eigenvalue weighted by molar-refractivity contribution is 7.92. The SMILES string of the molecule is CC(C)(C)c1cc(NS(=O)(=O)c2cc3c(cc2F)NC(=O)CC3)on1. The third kappa shape index (κ3) is 3.51. The number of aromatic nitrogens is 1. The van der Waals surface area contributed by atoms with Crippen LogP contribution in [-0.2, 0) is 26.7 Å². The molecule has 25 heavy (non-hydrogen) atoms. The molecule has 2 aromatic rings. The molecule has 2 N–H and O–H groups in total. The van der Waals surface area contributed by atoms with Crippen LogP contribution in [0.15, 0.2) is 27.6 Å². The molecule has 1 aromatic heterocycles. The second-order valence-electron chi connectivity index (χ2n) is 6.92. The van der Waals surface area contributed by atoms with Crippen LogP contribution >= 0.6 is 0 Å². The monoisotopic (exact) mass is 367 g/mol. The molecule has 3 rings (SSSR count). The number of anilines is 2. The molecule has 9 heteroatoms. The molecule has 1 aromatic carbocycles. The number of hydrogen-bond acceptors (Lipinski definition) is 5. The molecule has 0 unspecified atom stereocenters. The van der Waals surface area contributed by atoms with Crippen molar-refractivity contribution in [2.24, 2.45) is 0 Å². The summed E-state index contributed by atoms with van der Waals surface area (Å²) in [5.41, 5.74) is 1.11. The Kier molecular flexibility index (Phi) is 4.06. The van der Waals surface area contributed by atoms with Gasteiger partial charge < -0.3 is 9.84 Å². The summed E-state index contributed by atoms with van der Waals surface area (Å²) >= 11 is 0. The highest BCUT2D eigenvalue weighted by atomic mass is 32.2.